The molecular weight excluding hydrogens is 386 g/mol. The zero-order valence-corrected chi connectivity index (χ0v) is 14.9. The highest BCUT2D eigenvalue weighted by Gasteiger charge is 2.53. The number of nitrogens with one attached hydrogen (secondary N) is 1. The summed E-state index contributed by atoms with van der Waals surface area (Å²) in [6.45, 7) is 1.04. The molecule has 104 valence electrons. The molecule has 5 atom stereocenters. The van der Waals surface area contributed by atoms with E-state index in [1.807, 2.05) is 11.3 Å². The van der Waals surface area contributed by atoms with Gasteiger partial charge < -0.3 is 5.32 Å². The molecule has 4 rings (SSSR count). The van der Waals surface area contributed by atoms with Gasteiger partial charge >= 0.3 is 0 Å². The predicted octanol–water partition coefficient (Wildman–Crippen LogP) is 5.19. The van der Waals surface area contributed by atoms with Crippen LogP contribution in [0.5, 0.6) is 0 Å². The van der Waals surface area contributed by atoms with Crippen molar-refractivity contribution in [3.63, 3.8) is 0 Å². The van der Waals surface area contributed by atoms with E-state index in [9.17, 15) is 0 Å². The second-order valence-electron chi connectivity index (χ2n) is 6.48. The van der Waals surface area contributed by atoms with Gasteiger partial charge in [0.15, 0.2) is 0 Å². The van der Waals surface area contributed by atoms with Crippen molar-refractivity contribution in [1.29, 1.82) is 0 Å². The Hall–Kier alpha value is 0.620. The van der Waals surface area contributed by atoms with E-state index in [0.29, 0.717) is 0 Å². The number of hydrogen-bond acceptors (Lipinski definition) is 2. The lowest BCUT2D eigenvalue weighted by Crippen LogP contribution is -2.38. The van der Waals surface area contributed by atoms with Crippen LogP contribution in [0.4, 0.5) is 0 Å². The Morgan fingerprint density at radius 1 is 1.16 bits per heavy atom. The Bertz CT molecular complexity index is 467. The van der Waals surface area contributed by atoms with Crippen LogP contribution in [0.25, 0.3) is 0 Å². The van der Waals surface area contributed by atoms with Gasteiger partial charge in [-0.15, -0.1) is 11.3 Å². The van der Waals surface area contributed by atoms with E-state index in [0.717, 1.165) is 36.3 Å². The lowest BCUT2D eigenvalue weighted by Gasteiger charge is -2.32. The molecule has 0 radical (unpaired) electrons. The highest BCUT2D eigenvalue weighted by Crippen LogP contribution is 2.58. The minimum Gasteiger partial charge on any atom is -0.309 e. The molecule has 3 aliphatic carbocycles. The largest absolute Gasteiger partial charge is 0.309 e. The summed E-state index contributed by atoms with van der Waals surface area (Å²) in [7, 11) is 0. The van der Waals surface area contributed by atoms with Crippen LogP contribution >= 0.6 is 43.2 Å². The van der Waals surface area contributed by atoms with Crippen molar-refractivity contribution >= 4 is 43.2 Å². The first-order valence-corrected chi connectivity index (χ1v) is 9.79. The second kappa shape index (κ2) is 5.11. The third-order valence-electron chi connectivity index (χ3n) is 5.66. The summed E-state index contributed by atoms with van der Waals surface area (Å²) in [5, 5.41) is 3.85. The fraction of sp³-hybridized carbons (Fsp3) is 0.733. The van der Waals surface area contributed by atoms with Gasteiger partial charge in [-0.3, -0.25) is 0 Å². The lowest BCUT2D eigenvalue weighted by molar-refractivity contribution is 0.208. The molecule has 5 unspecified atom stereocenters. The van der Waals surface area contributed by atoms with Crippen molar-refractivity contribution in [2.75, 3.05) is 0 Å². The second-order valence-corrected chi connectivity index (χ2v) is 9.78. The number of halogens is 2. The summed E-state index contributed by atoms with van der Waals surface area (Å²) in [6, 6.07) is 3.04. The predicted molar refractivity (Wildman–Crippen MR) is 87.4 cm³/mol. The molecule has 3 aliphatic rings. The molecule has 1 heterocycles. The van der Waals surface area contributed by atoms with Crippen LogP contribution in [0, 0.1) is 23.7 Å². The summed E-state index contributed by atoms with van der Waals surface area (Å²) in [5.74, 6) is 4.22. The standard InChI is InChI=1S/C15H19Br2NS/c16-13-6-9(19-15(13)17)7-18-14-5-8-4-12(14)11-3-1-2-10(8)11/h6,8,10-12,14,18H,1-5,7H2. The van der Waals surface area contributed by atoms with E-state index in [1.165, 1.54) is 45.2 Å². The van der Waals surface area contributed by atoms with Crippen molar-refractivity contribution in [2.24, 2.45) is 23.7 Å². The first-order chi connectivity index (χ1) is 9.22. The van der Waals surface area contributed by atoms with Gasteiger partial charge in [-0.1, -0.05) is 6.42 Å². The van der Waals surface area contributed by atoms with E-state index in [2.05, 4.69) is 43.2 Å². The van der Waals surface area contributed by atoms with Gasteiger partial charge in [-0.25, -0.2) is 0 Å². The highest BCUT2D eigenvalue weighted by molar-refractivity contribution is 9.13. The molecule has 0 aromatic carbocycles. The SMILES string of the molecule is Brc1cc(CNC2CC3CC2C2CCCC32)sc1Br. The smallest absolute Gasteiger partial charge is 0.0843 e. The molecule has 1 nitrogen and oxygen atoms in total. The van der Waals surface area contributed by atoms with Crippen LogP contribution in [-0.2, 0) is 6.54 Å². The van der Waals surface area contributed by atoms with Crippen molar-refractivity contribution < 1.29 is 0 Å². The Morgan fingerprint density at radius 2 is 2.00 bits per heavy atom. The molecule has 0 aliphatic heterocycles. The van der Waals surface area contributed by atoms with Crippen LogP contribution < -0.4 is 5.32 Å². The Morgan fingerprint density at radius 3 is 2.79 bits per heavy atom. The minimum atomic E-state index is 0.795. The molecular formula is C15H19Br2NS. The zero-order chi connectivity index (χ0) is 13.0. The Balaban J connectivity index is 1.40. The third kappa shape index (κ3) is 2.27. The summed E-state index contributed by atoms with van der Waals surface area (Å²) in [6.07, 6.45) is 7.51. The Labute approximate surface area is 135 Å². The molecule has 2 bridgehead atoms. The molecule has 19 heavy (non-hydrogen) atoms. The first kappa shape index (κ1) is 13.3. The van der Waals surface area contributed by atoms with Gasteiger partial charge in [0.25, 0.3) is 0 Å². The molecule has 0 amide bonds. The number of hydrogen-bond donors (Lipinski definition) is 1. The van der Waals surface area contributed by atoms with E-state index in [1.54, 1.807) is 0 Å². The summed E-state index contributed by atoms with van der Waals surface area (Å²) < 4.78 is 2.41. The third-order valence-corrected chi connectivity index (χ3v) is 8.92. The quantitative estimate of drug-likeness (QED) is 0.730. The molecule has 3 fully saturated rings. The van der Waals surface area contributed by atoms with Gasteiger partial charge in [0.1, 0.15) is 0 Å². The number of thiophene rings is 1. The molecule has 1 aromatic rings. The van der Waals surface area contributed by atoms with Gasteiger partial charge in [-0.2, -0.15) is 0 Å². The van der Waals surface area contributed by atoms with Crippen LogP contribution in [0.3, 0.4) is 0 Å². The van der Waals surface area contributed by atoms with Crippen LogP contribution in [0.2, 0.25) is 0 Å². The van der Waals surface area contributed by atoms with Gasteiger partial charge in [-0.05, 0) is 87.3 Å². The monoisotopic (exact) mass is 403 g/mol. The molecule has 4 heteroatoms. The van der Waals surface area contributed by atoms with Crippen LogP contribution in [0.1, 0.15) is 37.0 Å². The van der Waals surface area contributed by atoms with E-state index >= 15 is 0 Å². The highest BCUT2D eigenvalue weighted by atomic mass is 79.9. The van der Waals surface area contributed by atoms with Crippen LogP contribution in [0.15, 0.2) is 14.3 Å². The molecule has 0 spiro atoms. The molecule has 0 saturated heterocycles. The van der Waals surface area contributed by atoms with Crippen molar-refractivity contribution in [3.8, 4) is 0 Å². The number of rotatable bonds is 3. The topological polar surface area (TPSA) is 12.0 Å². The average Bonchev–Trinajstić information content (AvgIpc) is 3.09. The maximum atomic E-state index is 3.85. The normalized spacial score (nSPS) is 40.0. The maximum Gasteiger partial charge on any atom is 0.0843 e. The lowest BCUT2D eigenvalue weighted by atomic mass is 9.79. The number of fused-ring (bicyclic) bond motifs is 5. The van der Waals surface area contributed by atoms with Crippen molar-refractivity contribution in [2.45, 2.75) is 44.7 Å². The van der Waals surface area contributed by atoms with Gasteiger partial charge in [0, 0.05) is 21.9 Å². The average molecular weight is 405 g/mol. The Kier molecular flexibility index (Phi) is 3.58. The fourth-order valence-electron chi connectivity index (χ4n) is 5.01. The summed E-state index contributed by atoms with van der Waals surface area (Å²) >= 11 is 9.00. The van der Waals surface area contributed by atoms with Gasteiger partial charge in [0.05, 0.1) is 3.79 Å². The minimum absolute atomic E-state index is 0.795. The summed E-state index contributed by atoms with van der Waals surface area (Å²) in [5.41, 5.74) is 0. The van der Waals surface area contributed by atoms with Gasteiger partial charge in [0.2, 0.25) is 0 Å². The fourth-order valence-corrected chi connectivity index (χ4v) is 7.14. The van der Waals surface area contributed by atoms with E-state index in [-0.39, 0.29) is 0 Å². The van der Waals surface area contributed by atoms with Crippen LogP contribution in [-0.4, -0.2) is 6.04 Å². The van der Waals surface area contributed by atoms with E-state index < -0.39 is 0 Å². The maximum absolute atomic E-state index is 3.85. The van der Waals surface area contributed by atoms with E-state index in [4.69, 9.17) is 0 Å². The summed E-state index contributed by atoms with van der Waals surface area (Å²) in [4.78, 5) is 1.43. The first-order valence-electron chi connectivity index (χ1n) is 7.39. The molecule has 1 N–H and O–H groups in total. The molecule has 1 aromatic heterocycles. The van der Waals surface area contributed by atoms with Crippen molar-refractivity contribution in [1.82, 2.24) is 5.32 Å². The van der Waals surface area contributed by atoms with Crippen molar-refractivity contribution in [3.05, 3.63) is 19.2 Å². The molecule has 3 saturated carbocycles. The zero-order valence-electron chi connectivity index (χ0n) is 10.9.